The summed E-state index contributed by atoms with van der Waals surface area (Å²) in [7, 11) is 0. The summed E-state index contributed by atoms with van der Waals surface area (Å²) in [5, 5.41) is 0. The van der Waals surface area contributed by atoms with Gasteiger partial charge in [0.2, 0.25) is 5.91 Å². The van der Waals surface area contributed by atoms with Gasteiger partial charge < -0.3 is 9.64 Å². The lowest BCUT2D eigenvalue weighted by atomic mass is 9.69. The van der Waals surface area contributed by atoms with Gasteiger partial charge in [-0.1, -0.05) is 20.3 Å². The topological polar surface area (TPSA) is 29.5 Å². The van der Waals surface area contributed by atoms with Crippen molar-refractivity contribution in [2.24, 2.45) is 17.8 Å². The van der Waals surface area contributed by atoms with E-state index in [0.717, 1.165) is 25.2 Å². The Morgan fingerprint density at radius 3 is 2.65 bits per heavy atom. The molecule has 2 saturated heterocycles. The second-order valence-corrected chi connectivity index (χ2v) is 7.85. The van der Waals surface area contributed by atoms with Crippen LogP contribution in [-0.2, 0) is 9.53 Å². The predicted octanol–water partition coefficient (Wildman–Crippen LogP) is 3.57. The van der Waals surface area contributed by atoms with Gasteiger partial charge in [0.15, 0.2) is 0 Å². The molecule has 0 N–H and O–H groups in total. The highest BCUT2D eigenvalue weighted by Gasteiger charge is 2.53. The molecule has 1 aliphatic carbocycles. The Labute approximate surface area is 123 Å². The normalized spacial score (nSPS) is 44.5. The summed E-state index contributed by atoms with van der Waals surface area (Å²) in [6, 6.07) is 0. The van der Waals surface area contributed by atoms with Gasteiger partial charge in [-0.2, -0.15) is 0 Å². The Morgan fingerprint density at radius 2 is 1.90 bits per heavy atom. The van der Waals surface area contributed by atoms with Gasteiger partial charge in [0.1, 0.15) is 6.23 Å². The third-order valence-electron chi connectivity index (χ3n) is 5.95. The quantitative estimate of drug-likeness (QED) is 0.678. The van der Waals surface area contributed by atoms with Gasteiger partial charge in [-0.05, 0) is 51.9 Å². The van der Waals surface area contributed by atoms with Crippen LogP contribution >= 0.6 is 0 Å². The first-order chi connectivity index (χ1) is 9.41. The highest BCUT2D eigenvalue weighted by atomic mass is 16.5. The molecule has 3 rings (SSSR count). The molecule has 3 fully saturated rings. The van der Waals surface area contributed by atoms with Gasteiger partial charge in [0.05, 0.1) is 6.10 Å². The fraction of sp³-hybridized carbons (Fsp3) is 0.941. The van der Waals surface area contributed by atoms with Crippen molar-refractivity contribution in [1.82, 2.24) is 4.90 Å². The number of rotatable bonds is 0. The second kappa shape index (κ2) is 5.01. The summed E-state index contributed by atoms with van der Waals surface area (Å²) in [5.74, 6) is 1.74. The molecule has 0 unspecified atom stereocenters. The number of amides is 1. The minimum atomic E-state index is -0.0522. The zero-order valence-corrected chi connectivity index (χ0v) is 13.4. The lowest BCUT2D eigenvalue weighted by Crippen LogP contribution is -2.66. The number of nitrogens with zero attached hydrogens (tertiary/aromatic N) is 1. The Hall–Kier alpha value is -0.570. The van der Waals surface area contributed by atoms with Gasteiger partial charge in [-0.25, -0.2) is 0 Å². The van der Waals surface area contributed by atoms with E-state index in [1.54, 1.807) is 0 Å². The van der Waals surface area contributed by atoms with E-state index >= 15 is 0 Å². The summed E-state index contributed by atoms with van der Waals surface area (Å²) in [6.45, 7) is 8.95. The van der Waals surface area contributed by atoms with Crippen molar-refractivity contribution >= 4 is 5.91 Å². The molecule has 3 nitrogen and oxygen atoms in total. The zero-order chi connectivity index (χ0) is 14.5. The monoisotopic (exact) mass is 279 g/mol. The zero-order valence-electron chi connectivity index (χ0n) is 13.4. The molecule has 5 atom stereocenters. The number of carbonyl (C=O) groups excluding carboxylic acids is 1. The highest BCUT2D eigenvalue weighted by Crippen LogP contribution is 2.47. The maximum atomic E-state index is 12.8. The average molecular weight is 279 g/mol. The maximum Gasteiger partial charge on any atom is 0.227 e. The molecule has 1 saturated carbocycles. The Bertz CT molecular complexity index is 392. The van der Waals surface area contributed by atoms with Crippen LogP contribution in [0.5, 0.6) is 0 Å². The fourth-order valence-corrected chi connectivity index (χ4v) is 4.68. The largest absolute Gasteiger partial charge is 0.355 e. The molecule has 2 heterocycles. The van der Waals surface area contributed by atoms with Crippen LogP contribution in [0.2, 0.25) is 0 Å². The molecule has 114 valence electrons. The number of hydrogen-bond donors (Lipinski definition) is 0. The van der Waals surface area contributed by atoms with E-state index in [-0.39, 0.29) is 17.7 Å². The number of hydrogen-bond acceptors (Lipinski definition) is 2. The van der Waals surface area contributed by atoms with Crippen molar-refractivity contribution in [2.45, 2.75) is 84.1 Å². The first kappa shape index (κ1) is 14.4. The summed E-state index contributed by atoms with van der Waals surface area (Å²) in [5.41, 5.74) is -0.0522. The highest BCUT2D eigenvalue weighted by molar-refractivity contribution is 5.80. The fourth-order valence-electron chi connectivity index (χ4n) is 4.68. The average Bonchev–Trinajstić information content (AvgIpc) is 2.49. The third kappa shape index (κ3) is 2.18. The number of fused-ring (bicyclic) bond motifs is 2. The minimum absolute atomic E-state index is 0.0222. The Balaban J connectivity index is 1.91. The minimum Gasteiger partial charge on any atom is -0.355 e. The maximum absolute atomic E-state index is 12.8. The summed E-state index contributed by atoms with van der Waals surface area (Å²) < 4.78 is 6.40. The molecule has 1 amide bonds. The van der Waals surface area contributed by atoms with Crippen LogP contribution in [0.15, 0.2) is 0 Å². The number of ether oxygens (including phenoxy) is 1. The molecule has 0 aromatic heterocycles. The molecule has 3 heteroatoms. The van der Waals surface area contributed by atoms with Crippen molar-refractivity contribution in [3.63, 3.8) is 0 Å². The molecular weight excluding hydrogens is 250 g/mol. The summed E-state index contributed by atoms with van der Waals surface area (Å²) in [4.78, 5) is 14.9. The first-order valence-electron chi connectivity index (χ1n) is 8.40. The molecule has 0 aromatic carbocycles. The molecule has 3 aliphatic rings. The second-order valence-electron chi connectivity index (χ2n) is 7.85. The van der Waals surface area contributed by atoms with E-state index < -0.39 is 0 Å². The molecule has 2 aliphatic heterocycles. The Kier molecular flexibility index (Phi) is 3.60. The molecule has 0 spiro atoms. The molecule has 20 heavy (non-hydrogen) atoms. The first-order valence-corrected chi connectivity index (χ1v) is 8.40. The van der Waals surface area contributed by atoms with E-state index in [0.29, 0.717) is 17.9 Å². The van der Waals surface area contributed by atoms with Crippen LogP contribution in [0.1, 0.15) is 66.2 Å². The van der Waals surface area contributed by atoms with Crippen molar-refractivity contribution in [3.05, 3.63) is 0 Å². The van der Waals surface area contributed by atoms with Crippen molar-refractivity contribution < 1.29 is 9.53 Å². The standard InChI is InChI=1S/C17H29NO2/c1-11-8-9-13-14(10-11)20-15-7-5-6-12(2)16(19)18(15)17(13,3)4/h11-15H,5-10H2,1-4H3/t11-,12+,13-,14-,15+/m1/s1. The van der Waals surface area contributed by atoms with Crippen LogP contribution in [0, 0.1) is 17.8 Å². The van der Waals surface area contributed by atoms with Gasteiger partial charge in [-0.3, -0.25) is 4.79 Å². The van der Waals surface area contributed by atoms with Crippen LogP contribution in [0.3, 0.4) is 0 Å². The van der Waals surface area contributed by atoms with Crippen molar-refractivity contribution in [2.75, 3.05) is 0 Å². The smallest absolute Gasteiger partial charge is 0.227 e. The Morgan fingerprint density at radius 1 is 1.15 bits per heavy atom. The van der Waals surface area contributed by atoms with Gasteiger partial charge in [-0.15, -0.1) is 0 Å². The lowest BCUT2D eigenvalue weighted by molar-refractivity contribution is -0.231. The van der Waals surface area contributed by atoms with Crippen molar-refractivity contribution in [3.8, 4) is 0 Å². The number of carbonyl (C=O) groups is 1. The molecule has 0 bridgehead atoms. The van der Waals surface area contributed by atoms with Crippen LogP contribution in [0.4, 0.5) is 0 Å². The summed E-state index contributed by atoms with van der Waals surface area (Å²) >= 11 is 0. The van der Waals surface area contributed by atoms with Crippen LogP contribution < -0.4 is 0 Å². The van der Waals surface area contributed by atoms with E-state index in [4.69, 9.17) is 4.74 Å². The van der Waals surface area contributed by atoms with Crippen LogP contribution in [-0.4, -0.2) is 28.7 Å². The molecular formula is C17H29NO2. The lowest BCUT2D eigenvalue weighted by Gasteiger charge is -2.57. The van der Waals surface area contributed by atoms with Crippen LogP contribution in [0.25, 0.3) is 0 Å². The van der Waals surface area contributed by atoms with Gasteiger partial charge in [0, 0.05) is 17.4 Å². The molecule has 0 radical (unpaired) electrons. The third-order valence-corrected chi connectivity index (χ3v) is 5.95. The van der Waals surface area contributed by atoms with E-state index in [1.807, 2.05) is 0 Å². The van der Waals surface area contributed by atoms with E-state index in [2.05, 4.69) is 32.6 Å². The van der Waals surface area contributed by atoms with Crippen molar-refractivity contribution in [1.29, 1.82) is 0 Å². The van der Waals surface area contributed by atoms with E-state index in [9.17, 15) is 4.79 Å². The molecule has 0 aromatic rings. The summed E-state index contributed by atoms with van der Waals surface area (Å²) in [6.07, 6.45) is 7.15. The van der Waals surface area contributed by atoms with E-state index in [1.165, 1.54) is 19.3 Å². The predicted molar refractivity (Wildman–Crippen MR) is 79.1 cm³/mol. The van der Waals surface area contributed by atoms with Gasteiger partial charge in [0.25, 0.3) is 0 Å². The SMILES string of the molecule is C[C@@H]1CC[C@@H]2[C@@H](C1)O[C@H]1CCC[C@H](C)C(=O)N1C2(C)C. The van der Waals surface area contributed by atoms with Gasteiger partial charge >= 0.3 is 0 Å².